The molecule has 5 rings (SSSR count). The van der Waals surface area contributed by atoms with Crippen LogP contribution in [0.3, 0.4) is 0 Å². The molecular formula is C25H40O4. The Labute approximate surface area is 176 Å². The summed E-state index contributed by atoms with van der Waals surface area (Å²) in [7, 11) is 3.38. The van der Waals surface area contributed by atoms with Crippen LogP contribution in [0.4, 0.5) is 0 Å². The van der Waals surface area contributed by atoms with Crippen LogP contribution in [-0.4, -0.2) is 42.4 Å². The number of methoxy groups -OCH3 is 2. The lowest BCUT2D eigenvalue weighted by molar-refractivity contribution is -0.165. The number of ether oxygens (including phenoxy) is 2. The third-order valence-corrected chi connectivity index (χ3v) is 10.5. The van der Waals surface area contributed by atoms with E-state index in [1.54, 1.807) is 14.2 Å². The van der Waals surface area contributed by atoms with Crippen LogP contribution in [0.25, 0.3) is 0 Å². The van der Waals surface area contributed by atoms with Gasteiger partial charge in [-0.1, -0.05) is 25.5 Å². The zero-order valence-electron chi connectivity index (χ0n) is 18.7. The van der Waals surface area contributed by atoms with Crippen LogP contribution in [-0.2, 0) is 9.47 Å². The number of fused-ring (bicyclic) bond motifs is 7. The van der Waals surface area contributed by atoms with Gasteiger partial charge in [-0.3, -0.25) is 0 Å². The number of rotatable bonds is 5. The van der Waals surface area contributed by atoms with Crippen LogP contribution < -0.4 is 0 Å². The van der Waals surface area contributed by atoms with Crippen LogP contribution in [0.1, 0.15) is 71.6 Å². The normalized spacial score (nSPS) is 53.0. The molecule has 4 heteroatoms. The number of aliphatic hydroxyl groups excluding tert-OH is 1. The van der Waals surface area contributed by atoms with E-state index in [1.165, 1.54) is 18.4 Å². The Hall–Kier alpha value is -0.420. The first-order valence-electron chi connectivity index (χ1n) is 11.9. The molecule has 164 valence electrons. The predicted molar refractivity (Wildman–Crippen MR) is 112 cm³/mol. The Kier molecular flexibility index (Phi) is 4.79. The summed E-state index contributed by atoms with van der Waals surface area (Å²) >= 11 is 0. The quantitative estimate of drug-likeness (QED) is 0.530. The maximum atomic E-state index is 12.1. The zero-order valence-corrected chi connectivity index (χ0v) is 18.7. The topological polar surface area (TPSA) is 58.9 Å². The average molecular weight is 405 g/mol. The van der Waals surface area contributed by atoms with Gasteiger partial charge < -0.3 is 19.7 Å². The van der Waals surface area contributed by atoms with Gasteiger partial charge in [0.2, 0.25) is 0 Å². The summed E-state index contributed by atoms with van der Waals surface area (Å²) < 4.78 is 10.9. The summed E-state index contributed by atoms with van der Waals surface area (Å²) in [6.45, 7) is 4.89. The highest BCUT2D eigenvalue weighted by atomic mass is 16.7. The second kappa shape index (κ2) is 6.79. The molecule has 2 N–H and O–H groups in total. The van der Waals surface area contributed by atoms with E-state index < -0.39 is 5.60 Å². The molecule has 0 amide bonds. The minimum Gasteiger partial charge on any atom is -0.393 e. The first-order valence-corrected chi connectivity index (χ1v) is 11.9. The van der Waals surface area contributed by atoms with Gasteiger partial charge in [-0.25, -0.2) is 0 Å². The van der Waals surface area contributed by atoms with Crippen LogP contribution in [0.15, 0.2) is 11.6 Å². The monoisotopic (exact) mass is 404 g/mol. The van der Waals surface area contributed by atoms with Gasteiger partial charge in [-0.15, -0.1) is 0 Å². The summed E-state index contributed by atoms with van der Waals surface area (Å²) in [4.78, 5) is 0. The van der Waals surface area contributed by atoms with Crippen molar-refractivity contribution in [1.29, 1.82) is 0 Å². The van der Waals surface area contributed by atoms with E-state index in [0.29, 0.717) is 23.7 Å². The lowest BCUT2D eigenvalue weighted by Crippen LogP contribution is -2.56. The fourth-order valence-corrected chi connectivity index (χ4v) is 8.92. The SMILES string of the molecule is COC(CC[C@]1(O)[C@H]2C[C@H]2C2C3CC=C4CC(O)CC[C@]4(C)C3CC[C@@]21C)OC. The van der Waals surface area contributed by atoms with Crippen LogP contribution in [0.2, 0.25) is 0 Å². The summed E-state index contributed by atoms with van der Waals surface area (Å²) in [5.41, 5.74) is 1.25. The Morgan fingerprint density at radius 3 is 2.59 bits per heavy atom. The molecular weight excluding hydrogens is 364 g/mol. The van der Waals surface area contributed by atoms with Gasteiger partial charge in [0.15, 0.2) is 6.29 Å². The molecule has 29 heavy (non-hydrogen) atoms. The standard InChI is InChI=1S/C25H40O4/c1-23-10-7-16(26)13-15(23)5-6-17-19(23)8-11-24(2)22(17)18-14-20(18)25(24,27)12-9-21(28-3)29-4/h5,16-22,26-27H,6-14H2,1-4H3/t16?,17?,18-,19?,20+,22?,23+,24+,25+/m1/s1. The van der Waals surface area contributed by atoms with Crippen molar-refractivity contribution in [1.82, 2.24) is 0 Å². The summed E-state index contributed by atoms with van der Waals surface area (Å²) in [6, 6.07) is 0. The molecule has 0 aliphatic heterocycles. The van der Waals surface area contributed by atoms with Crippen molar-refractivity contribution >= 4 is 0 Å². The van der Waals surface area contributed by atoms with E-state index in [-0.39, 0.29) is 23.2 Å². The van der Waals surface area contributed by atoms with Crippen molar-refractivity contribution in [3.8, 4) is 0 Å². The van der Waals surface area contributed by atoms with Gasteiger partial charge in [0.25, 0.3) is 0 Å². The van der Waals surface area contributed by atoms with Gasteiger partial charge in [0, 0.05) is 20.6 Å². The Bertz CT molecular complexity index is 686. The Balaban J connectivity index is 1.42. The van der Waals surface area contributed by atoms with E-state index in [0.717, 1.165) is 50.9 Å². The lowest BCUT2D eigenvalue weighted by atomic mass is 9.45. The van der Waals surface area contributed by atoms with Crippen molar-refractivity contribution in [2.24, 2.45) is 40.4 Å². The number of hydrogen-bond acceptors (Lipinski definition) is 4. The van der Waals surface area contributed by atoms with E-state index >= 15 is 0 Å². The summed E-state index contributed by atoms with van der Waals surface area (Å²) in [5, 5.41) is 22.3. The maximum absolute atomic E-state index is 12.1. The molecule has 0 aromatic carbocycles. The lowest BCUT2D eigenvalue weighted by Gasteiger charge is -2.60. The predicted octanol–water partition coefficient (Wildman–Crippen LogP) is 4.30. The molecule has 4 nitrogen and oxygen atoms in total. The first kappa shape index (κ1) is 20.5. The van der Waals surface area contributed by atoms with Gasteiger partial charge in [0.05, 0.1) is 11.7 Å². The molecule has 4 fully saturated rings. The van der Waals surface area contributed by atoms with Gasteiger partial charge in [-0.2, -0.15) is 0 Å². The molecule has 4 unspecified atom stereocenters. The fourth-order valence-electron chi connectivity index (χ4n) is 8.92. The van der Waals surface area contributed by atoms with Crippen molar-refractivity contribution in [3.05, 3.63) is 11.6 Å². The molecule has 0 bridgehead atoms. The molecule has 4 saturated carbocycles. The Morgan fingerprint density at radius 1 is 1.10 bits per heavy atom. The van der Waals surface area contributed by atoms with E-state index in [9.17, 15) is 10.2 Å². The molecule has 0 saturated heterocycles. The third kappa shape index (κ3) is 2.71. The van der Waals surface area contributed by atoms with Crippen molar-refractivity contribution < 1.29 is 19.7 Å². The molecule has 0 spiro atoms. The van der Waals surface area contributed by atoms with Crippen molar-refractivity contribution in [2.45, 2.75) is 89.6 Å². The fraction of sp³-hybridized carbons (Fsp3) is 0.920. The first-order chi connectivity index (χ1) is 13.8. The second-order valence-corrected chi connectivity index (χ2v) is 11.4. The van der Waals surface area contributed by atoms with Crippen LogP contribution >= 0.6 is 0 Å². The molecule has 0 heterocycles. The molecule has 9 atom stereocenters. The minimum atomic E-state index is -0.573. The van der Waals surface area contributed by atoms with Gasteiger partial charge in [0.1, 0.15) is 0 Å². The Morgan fingerprint density at radius 2 is 1.86 bits per heavy atom. The van der Waals surface area contributed by atoms with Gasteiger partial charge >= 0.3 is 0 Å². The summed E-state index contributed by atoms with van der Waals surface area (Å²) in [6.07, 6.45) is 11.4. The van der Waals surface area contributed by atoms with Crippen molar-refractivity contribution in [2.75, 3.05) is 14.2 Å². The average Bonchev–Trinajstić information content (AvgIpc) is 3.46. The molecule has 5 aliphatic rings. The number of hydrogen-bond donors (Lipinski definition) is 2. The third-order valence-electron chi connectivity index (χ3n) is 10.5. The highest BCUT2D eigenvalue weighted by Gasteiger charge is 2.75. The van der Waals surface area contributed by atoms with E-state index in [2.05, 4.69) is 19.9 Å². The largest absolute Gasteiger partial charge is 0.393 e. The minimum absolute atomic E-state index is 0.0175. The van der Waals surface area contributed by atoms with Crippen LogP contribution in [0, 0.1) is 40.4 Å². The molecule has 0 aromatic heterocycles. The molecule has 0 aromatic rings. The van der Waals surface area contributed by atoms with E-state index in [1.807, 2.05) is 0 Å². The summed E-state index contributed by atoms with van der Waals surface area (Å²) in [5.74, 6) is 3.23. The molecule has 5 aliphatic carbocycles. The van der Waals surface area contributed by atoms with E-state index in [4.69, 9.17) is 9.47 Å². The highest BCUT2D eigenvalue weighted by molar-refractivity contribution is 5.29. The number of aliphatic hydroxyl groups is 2. The van der Waals surface area contributed by atoms with Crippen LogP contribution in [0.5, 0.6) is 0 Å². The van der Waals surface area contributed by atoms with Gasteiger partial charge in [-0.05, 0) is 91.8 Å². The zero-order chi connectivity index (χ0) is 20.6. The maximum Gasteiger partial charge on any atom is 0.156 e. The number of allylic oxidation sites excluding steroid dienone is 1. The smallest absolute Gasteiger partial charge is 0.156 e. The molecule has 0 radical (unpaired) electrons. The second-order valence-electron chi connectivity index (χ2n) is 11.4. The van der Waals surface area contributed by atoms with Crippen molar-refractivity contribution in [3.63, 3.8) is 0 Å². The highest BCUT2D eigenvalue weighted by Crippen LogP contribution is 2.77.